The number of hydrogen-bond acceptors (Lipinski definition) is 2. The molecule has 0 atom stereocenters. The summed E-state index contributed by atoms with van der Waals surface area (Å²) in [4.78, 5) is 0. The minimum atomic E-state index is 0.784. The number of ether oxygens (including phenoxy) is 1. The van der Waals surface area contributed by atoms with E-state index in [4.69, 9.17) is 4.74 Å². The Hall–Kier alpha value is -1.02. The van der Waals surface area contributed by atoms with Crippen molar-refractivity contribution in [1.82, 2.24) is 5.32 Å². The summed E-state index contributed by atoms with van der Waals surface area (Å²) in [6, 6.07) is 9.07. The number of benzene rings is 1. The maximum absolute atomic E-state index is 5.75. The van der Waals surface area contributed by atoms with Gasteiger partial charge in [0.2, 0.25) is 0 Å². The second-order valence-corrected chi connectivity index (χ2v) is 5.66. The van der Waals surface area contributed by atoms with E-state index >= 15 is 0 Å². The molecule has 0 bridgehead atoms. The van der Waals surface area contributed by atoms with Crippen LogP contribution in [0.3, 0.4) is 0 Å². The molecule has 0 heterocycles. The van der Waals surface area contributed by atoms with E-state index in [1.807, 2.05) is 6.07 Å². The highest BCUT2D eigenvalue weighted by Crippen LogP contribution is 2.17. The van der Waals surface area contributed by atoms with Gasteiger partial charge in [0.15, 0.2) is 0 Å². The highest BCUT2D eigenvalue weighted by atomic mass is 16.5. The molecule has 0 amide bonds. The van der Waals surface area contributed by atoms with E-state index in [0.717, 1.165) is 31.4 Å². The standard InChI is InChI=1S/C17H27NO/c1-15-8-7-11-17(14-15)19-13-6-5-12-18-16-9-3-2-4-10-16/h7-8,11,14,16,18H,2-6,9-10,12-13H2,1H3. The highest BCUT2D eigenvalue weighted by molar-refractivity contribution is 5.27. The van der Waals surface area contributed by atoms with Gasteiger partial charge in [-0.2, -0.15) is 0 Å². The lowest BCUT2D eigenvalue weighted by atomic mass is 9.95. The van der Waals surface area contributed by atoms with E-state index < -0.39 is 0 Å². The summed E-state index contributed by atoms with van der Waals surface area (Å²) in [5, 5.41) is 3.67. The summed E-state index contributed by atoms with van der Waals surface area (Å²) in [5.74, 6) is 1.00. The van der Waals surface area contributed by atoms with Crippen LogP contribution in [-0.2, 0) is 0 Å². The van der Waals surface area contributed by atoms with Gasteiger partial charge in [-0.25, -0.2) is 0 Å². The number of aryl methyl sites for hydroxylation is 1. The van der Waals surface area contributed by atoms with Gasteiger partial charge in [-0.1, -0.05) is 31.4 Å². The van der Waals surface area contributed by atoms with Crippen molar-refractivity contribution >= 4 is 0 Å². The third-order valence-electron chi connectivity index (χ3n) is 3.87. The molecule has 1 aliphatic carbocycles. The molecule has 0 spiro atoms. The zero-order chi connectivity index (χ0) is 13.3. The Kier molecular flexibility index (Phi) is 6.22. The molecule has 0 radical (unpaired) electrons. The lowest BCUT2D eigenvalue weighted by molar-refractivity contribution is 0.300. The fourth-order valence-electron chi connectivity index (χ4n) is 2.74. The quantitative estimate of drug-likeness (QED) is 0.747. The van der Waals surface area contributed by atoms with E-state index in [2.05, 4.69) is 30.4 Å². The van der Waals surface area contributed by atoms with Crippen molar-refractivity contribution in [3.05, 3.63) is 29.8 Å². The van der Waals surface area contributed by atoms with Crippen molar-refractivity contribution in [2.24, 2.45) is 0 Å². The average Bonchev–Trinajstić information content (AvgIpc) is 2.44. The predicted octanol–water partition coefficient (Wildman–Crippen LogP) is 4.08. The summed E-state index contributed by atoms with van der Waals surface area (Å²) in [5.41, 5.74) is 1.26. The van der Waals surface area contributed by atoms with Crippen LogP contribution < -0.4 is 10.1 Å². The van der Waals surface area contributed by atoms with E-state index in [9.17, 15) is 0 Å². The van der Waals surface area contributed by atoms with Crippen LogP contribution in [-0.4, -0.2) is 19.2 Å². The number of nitrogens with one attached hydrogen (secondary N) is 1. The van der Waals surface area contributed by atoms with Crippen molar-refractivity contribution < 1.29 is 4.74 Å². The van der Waals surface area contributed by atoms with E-state index in [1.54, 1.807) is 0 Å². The van der Waals surface area contributed by atoms with Crippen LogP contribution in [0.5, 0.6) is 5.75 Å². The smallest absolute Gasteiger partial charge is 0.119 e. The van der Waals surface area contributed by atoms with Gasteiger partial charge in [0.25, 0.3) is 0 Å². The average molecular weight is 261 g/mol. The monoisotopic (exact) mass is 261 g/mol. The van der Waals surface area contributed by atoms with Crippen LogP contribution in [0.15, 0.2) is 24.3 Å². The molecule has 2 heteroatoms. The van der Waals surface area contributed by atoms with Gasteiger partial charge in [0.05, 0.1) is 6.61 Å². The van der Waals surface area contributed by atoms with Crippen molar-refractivity contribution in [1.29, 1.82) is 0 Å². The lowest BCUT2D eigenvalue weighted by Crippen LogP contribution is -2.31. The molecule has 2 rings (SSSR count). The molecular formula is C17H27NO. The maximum atomic E-state index is 5.75. The molecule has 1 N–H and O–H groups in total. The molecule has 1 aliphatic rings. The number of hydrogen-bond donors (Lipinski definition) is 1. The summed E-state index contributed by atoms with van der Waals surface area (Å²) in [6.45, 7) is 4.07. The van der Waals surface area contributed by atoms with Crippen LogP contribution in [0.4, 0.5) is 0 Å². The third kappa shape index (κ3) is 5.65. The lowest BCUT2D eigenvalue weighted by Gasteiger charge is -2.22. The first-order chi connectivity index (χ1) is 9.34. The molecule has 1 aromatic rings. The molecule has 0 aliphatic heterocycles. The van der Waals surface area contributed by atoms with Crippen LogP contribution in [0, 0.1) is 6.92 Å². The molecule has 19 heavy (non-hydrogen) atoms. The van der Waals surface area contributed by atoms with E-state index in [0.29, 0.717) is 0 Å². The normalized spacial score (nSPS) is 16.5. The first-order valence-corrected chi connectivity index (χ1v) is 7.77. The molecule has 1 saturated carbocycles. The van der Waals surface area contributed by atoms with Crippen LogP contribution in [0.2, 0.25) is 0 Å². The highest BCUT2D eigenvalue weighted by Gasteiger charge is 2.11. The topological polar surface area (TPSA) is 21.3 Å². The van der Waals surface area contributed by atoms with Crippen molar-refractivity contribution in [3.63, 3.8) is 0 Å². The minimum Gasteiger partial charge on any atom is -0.494 e. The number of rotatable bonds is 7. The van der Waals surface area contributed by atoms with Gasteiger partial charge >= 0.3 is 0 Å². The Morgan fingerprint density at radius 1 is 1.16 bits per heavy atom. The SMILES string of the molecule is Cc1cccc(OCCCCNC2CCCCC2)c1. The summed E-state index contributed by atoms with van der Waals surface area (Å²) in [6.07, 6.45) is 9.35. The maximum Gasteiger partial charge on any atom is 0.119 e. The Morgan fingerprint density at radius 3 is 2.79 bits per heavy atom. The summed E-state index contributed by atoms with van der Waals surface area (Å²) < 4.78 is 5.75. The van der Waals surface area contributed by atoms with Gasteiger partial charge in [-0.15, -0.1) is 0 Å². The first-order valence-electron chi connectivity index (χ1n) is 7.77. The van der Waals surface area contributed by atoms with Gasteiger partial charge in [0.1, 0.15) is 5.75 Å². The third-order valence-corrected chi connectivity index (χ3v) is 3.87. The van der Waals surface area contributed by atoms with Gasteiger partial charge in [-0.3, -0.25) is 0 Å². The fraction of sp³-hybridized carbons (Fsp3) is 0.647. The van der Waals surface area contributed by atoms with Gasteiger partial charge in [-0.05, 0) is 56.8 Å². The van der Waals surface area contributed by atoms with Gasteiger partial charge < -0.3 is 10.1 Å². The molecule has 1 aromatic carbocycles. The van der Waals surface area contributed by atoms with Crippen molar-refractivity contribution in [2.75, 3.05) is 13.2 Å². The van der Waals surface area contributed by atoms with Crippen LogP contribution in [0.25, 0.3) is 0 Å². The summed E-state index contributed by atoms with van der Waals surface area (Å²) in [7, 11) is 0. The zero-order valence-corrected chi connectivity index (χ0v) is 12.2. The second-order valence-electron chi connectivity index (χ2n) is 5.66. The van der Waals surface area contributed by atoms with E-state index in [-0.39, 0.29) is 0 Å². The molecular weight excluding hydrogens is 234 g/mol. The first kappa shape index (κ1) is 14.4. The van der Waals surface area contributed by atoms with Crippen molar-refractivity contribution in [2.45, 2.75) is 57.9 Å². The van der Waals surface area contributed by atoms with Crippen LogP contribution in [0.1, 0.15) is 50.5 Å². The Labute approximate surface area is 117 Å². The molecule has 0 saturated heterocycles. The molecule has 0 unspecified atom stereocenters. The largest absolute Gasteiger partial charge is 0.494 e. The fourth-order valence-corrected chi connectivity index (χ4v) is 2.74. The van der Waals surface area contributed by atoms with E-state index in [1.165, 1.54) is 44.1 Å². The Balaban J connectivity index is 1.50. The predicted molar refractivity (Wildman–Crippen MR) is 80.8 cm³/mol. The molecule has 106 valence electrons. The molecule has 2 nitrogen and oxygen atoms in total. The van der Waals surface area contributed by atoms with Gasteiger partial charge in [0, 0.05) is 6.04 Å². The second kappa shape index (κ2) is 8.21. The summed E-state index contributed by atoms with van der Waals surface area (Å²) >= 11 is 0. The molecule has 1 fully saturated rings. The minimum absolute atomic E-state index is 0.784. The number of unbranched alkanes of at least 4 members (excludes halogenated alkanes) is 1. The zero-order valence-electron chi connectivity index (χ0n) is 12.2. The van der Waals surface area contributed by atoms with Crippen molar-refractivity contribution in [3.8, 4) is 5.75 Å². The Morgan fingerprint density at radius 2 is 2.00 bits per heavy atom. The Bertz CT molecular complexity index is 358. The van der Waals surface area contributed by atoms with Crippen LogP contribution >= 0.6 is 0 Å². The molecule has 0 aromatic heterocycles.